The molecule has 1 amide bonds. The van der Waals surface area contributed by atoms with Crippen LogP contribution >= 0.6 is 0 Å². The number of carboxylic acids is 1. The van der Waals surface area contributed by atoms with Gasteiger partial charge in [0.05, 0.1) is 28.2 Å². The molecule has 0 aliphatic carbocycles. The van der Waals surface area contributed by atoms with Gasteiger partial charge < -0.3 is 16.2 Å². The third kappa shape index (κ3) is 4.81. The first kappa shape index (κ1) is 26.3. The molecule has 0 fully saturated rings. The van der Waals surface area contributed by atoms with Gasteiger partial charge in [0, 0.05) is 17.3 Å². The number of benzene rings is 2. The molecule has 6 aromatic rings. The first-order valence-electron chi connectivity index (χ1n) is 13.1. The Labute approximate surface area is 240 Å². The van der Waals surface area contributed by atoms with Crippen LogP contribution in [0.4, 0.5) is 11.6 Å². The third-order valence-electron chi connectivity index (χ3n) is 6.91. The smallest absolute Gasteiger partial charge is 0.335 e. The predicted octanol–water partition coefficient (Wildman–Crippen LogP) is 5.69. The Hall–Kier alpha value is -5.90. The van der Waals surface area contributed by atoms with Gasteiger partial charge in [-0.15, -0.1) is 0 Å². The zero-order chi connectivity index (χ0) is 29.4. The summed E-state index contributed by atoms with van der Waals surface area (Å²) in [5, 5.41) is 12.1. The molecule has 10 nitrogen and oxygen atoms in total. The highest BCUT2D eigenvalue weighted by molar-refractivity contribution is 6.04. The third-order valence-corrected chi connectivity index (χ3v) is 6.91. The van der Waals surface area contributed by atoms with Gasteiger partial charge >= 0.3 is 5.97 Å². The zero-order valence-electron chi connectivity index (χ0n) is 22.7. The Balaban J connectivity index is 1.43. The van der Waals surface area contributed by atoms with E-state index in [1.54, 1.807) is 25.3 Å². The number of rotatable bonds is 6. The fourth-order valence-electron chi connectivity index (χ4n) is 4.84. The molecule has 0 saturated carbocycles. The average Bonchev–Trinajstić information content (AvgIpc) is 3.36. The molecular formula is C32H25N7O3. The lowest BCUT2D eigenvalue weighted by Gasteiger charge is -2.14. The Morgan fingerprint density at radius 2 is 1.69 bits per heavy atom. The molecule has 6 rings (SSSR count). The molecule has 42 heavy (non-hydrogen) atoms. The van der Waals surface area contributed by atoms with E-state index in [2.05, 4.69) is 15.3 Å². The molecule has 0 aliphatic heterocycles. The number of hydrogen-bond acceptors (Lipinski definition) is 7. The minimum atomic E-state index is -1.04. The summed E-state index contributed by atoms with van der Waals surface area (Å²) in [5.41, 5.74) is 12.2. The number of nitrogens with two attached hydrogens (primary N) is 1. The molecule has 0 bridgehead atoms. The van der Waals surface area contributed by atoms with E-state index in [0.29, 0.717) is 56.7 Å². The summed E-state index contributed by atoms with van der Waals surface area (Å²) >= 11 is 0. The van der Waals surface area contributed by atoms with E-state index in [0.717, 1.165) is 11.3 Å². The van der Waals surface area contributed by atoms with Crippen molar-refractivity contribution in [1.29, 1.82) is 0 Å². The molecule has 4 heterocycles. The summed E-state index contributed by atoms with van der Waals surface area (Å²) < 4.78 is 1.90. The number of aryl methyl sites for hydroxylation is 2. The summed E-state index contributed by atoms with van der Waals surface area (Å²) in [6.07, 6.45) is 1.62. The quantitative estimate of drug-likeness (QED) is 0.237. The number of anilines is 2. The number of pyridine rings is 3. The summed E-state index contributed by atoms with van der Waals surface area (Å²) in [6.45, 7) is 3.48. The van der Waals surface area contributed by atoms with E-state index < -0.39 is 11.9 Å². The maximum atomic E-state index is 13.0. The Bertz CT molecular complexity index is 2000. The highest BCUT2D eigenvalue weighted by Gasteiger charge is 2.21. The van der Waals surface area contributed by atoms with Gasteiger partial charge in [0.15, 0.2) is 11.5 Å². The van der Waals surface area contributed by atoms with Crippen LogP contribution in [0.2, 0.25) is 0 Å². The Morgan fingerprint density at radius 3 is 2.40 bits per heavy atom. The van der Waals surface area contributed by atoms with Crippen molar-refractivity contribution in [3.8, 4) is 28.3 Å². The van der Waals surface area contributed by atoms with Gasteiger partial charge in [-0.1, -0.05) is 30.3 Å². The summed E-state index contributed by atoms with van der Waals surface area (Å²) in [7, 11) is 0. The van der Waals surface area contributed by atoms with Gasteiger partial charge in [0.25, 0.3) is 5.91 Å². The van der Waals surface area contributed by atoms with Crippen molar-refractivity contribution in [1.82, 2.24) is 24.5 Å². The molecule has 0 aliphatic rings. The van der Waals surface area contributed by atoms with E-state index in [-0.39, 0.29) is 5.56 Å². The molecule has 0 unspecified atom stereocenters. The monoisotopic (exact) mass is 555 g/mol. The Morgan fingerprint density at radius 1 is 0.881 bits per heavy atom. The molecule has 0 saturated heterocycles. The largest absolute Gasteiger partial charge is 0.478 e. The van der Waals surface area contributed by atoms with Crippen LogP contribution in [0.5, 0.6) is 0 Å². The summed E-state index contributed by atoms with van der Waals surface area (Å²) in [5.74, 6) is -0.219. The second kappa shape index (κ2) is 10.6. The van der Waals surface area contributed by atoms with Gasteiger partial charge in [0.2, 0.25) is 0 Å². The highest BCUT2D eigenvalue weighted by atomic mass is 16.4. The van der Waals surface area contributed by atoms with E-state index in [1.165, 1.54) is 18.2 Å². The highest BCUT2D eigenvalue weighted by Crippen LogP contribution is 2.32. The molecule has 0 spiro atoms. The number of nitrogens with zero attached hydrogens (tertiary/aromatic N) is 5. The van der Waals surface area contributed by atoms with Crippen molar-refractivity contribution in [2.45, 2.75) is 13.8 Å². The summed E-state index contributed by atoms with van der Waals surface area (Å²) in [4.78, 5) is 43.0. The van der Waals surface area contributed by atoms with Crippen LogP contribution in [0, 0.1) is 13.8 Å². The molecule has 0 atom stereocenters. The number of carbonyl (C=O) groups excluding carboxylic acids is 1. The lowest BCUT2D eigenvalue weighted by Crippen LogP contribution is -2.15. The van der Waals surface area contributed by atoms with E-state index in [9.17, 15) is 14.7 Å². The molecule has 206 valence electrons. The average molecular weight is 556 g/mol. The van der Waals surface area contributed by atoms with E-state index in [1.807, 2.05) is 66.1 Å². The lowest BCUT2D eigenvalue weighted by atomic mass is 10.0. The molecular weight excluding hydrogens is 530 g/mol. The van der Waals surface area contributed by atoms with Crippen molar-refractivity contribution < 1.29 is 14.7 Å². The van der Waals surface area contributed by atoms with Crippen molar-refractivity contribution in [3.05, 3.63) is 114 Å². The number of aromatic carboxylic acids is 1. The minimum Gasteiger partial charge on any atom is -0.478 e. The van der Waals surface area contributed by atoms with Gasteiger partial charge in [-0.2, -0.15) is 0 Å². The first-order chi connectivity index (χ1) is 20.3. The van der Waals surface area contributed by atoms with Crippen LogP contribution < -0.4 is 11.1 Å². The number of nitrogen functional groups attached to an aromatic ring is 1. The normalized spacial score (nSPS) is 11.0. The van der Waals surface area contributed by atoms with Crippen molar-refractivity contribution in [2.75, 3.05) is 11.1 Å². The molecule has 4 aromatic heterocycles. The number of carbonyl (C=O) groups is 2. The van der Waals surface area contributed by atoms with Gasteiger partial charge in [-0.05, 0) is 74.0 Å². The first-order valence-corrected chi connectivity index (χ1v) is 13.1. The topological polar surface area (TPSA) is 149 Å². The second-order valence-corrected chi connectivity index (χ2v) is 9.70. The number of imidazole rings is 1. The number of fused-ring (bicyclic) bond motifs is 1. The number of aromatic nitrogens is 5. The minimum absolute atomic E-state index is 0.145. The SMILES string of the molecule is Cc1cc(C(=O)Nc2ccc(-n3c(-c4cccnc4N)nc4ccc(-c5ccccc5)nc43)c(C)n2)ccc1C(=O)O. The number of amides is 1. The van der Waals surface area contributed by atoms with Crippen LogP contribution in [0.25, 0.3) is 39.5 Å². The number of hydrogen-bond donors (Lipinski definition) is 3. The number of carboxylic acid groups (broad SMARTS) is 1. The zero-order valence-corrected chi connectivity index (χ0v) is 22.7. The maximum absolute atomic E-state index is 13.0. The Kier molecular flexibility index (Phi) is 6.63. The van der Waals surface area contributed by atoms with Crippen LogP contribution in [0.1, 0.15) is 32.0 Å². The molecule has 4 N–H and O–H groups in total. The predicted molar refractivity (Wildman–Crippen MR) is 161 cm³/mol. The molecule has 2 aromatic carbocycles. The standard InChI is InChI=1S/C32H25N7O3/c1-18-17-21(10-11-22(18)32(41)42)31(40)38-27-15-14-26(19(2)35-27)39-29(23-9-6-16-34-28(23)33)37-25-13-12-24(36-30(25)39)20-7-4-3-5-8-20/h3-17H,1-2H3,(H2,33,34)(H,41,42)(H,35,38,40). The second-order valence-electron chi connectivity index (χ2n) is 9.70. The fraction of sp³-hybridized carbons (Fsp3) is 0.0625. The lowest BCUT2D eigenvalue weighted by molar-refractivity contribution is 0.0695. The van der Waals surface area contributed by atoms with Crippen LogP contribution in [-0.2, 0) is 0 Å². The van der Waals surface area contributed by atoms with E-state index in [4.69, 9.17) is 15.7 Å². The van der Waals surface area contributed by atoms with Gasteiger partial charge in [-0.25, -0.2) is 24.7 Å². The van der Waals surface area contributed by atoms with Gasteiger partial charge in [-0.3, -0.25) is 9.36 Å². The van der Waals surface area contributed by atoms with Crippen molar-refractivity contribution in [3.63, 3.8) is 0 Å². The molecule has 10 heteroatoms. The van der Waals surface area contributed by atoms with Crippen LogP contribution in [0.15, 0.2) is 91.1 Å². The van der Waals surface area contributed by atoms with Crippen LogP contribution in [0.3, 0.4) is 0 Å². The van der Waals surface area contributed by atoms with E-state index >= 15 is 0 Å². The van der Waals surface area contributed by atoms with Crippen LogP contribution in [-0.4, -0.2) is 41.5 Å². The fourth-order valence-corrected chi connectivity index (χ4v) is 4.84. The van der Waals surface area contributed by atoms with Gasteiger partial charge in [0.1, 0.15) is 17.2 Å². The van der Waals surface area contributed by atoms with Crippen molar-refractivity contribution >= 4 is 34.7 Å². The van der Waals surface area contributed by atoms with Crippen molar-refractivity contribution in [2.24, 2.45) is 0 Å². The number of nitrogens with one attached hydrogen (secondary N) is 1. The molecule has 0 radical (unpaired) electrons. The maximum Gasteiger partial charge on any atom is 0.335 e. The summed E-state index contributed by atoms with van der Waals surface area (Å²) in [6, 6.07) is 25.3.